The minimum absolute atomic E-state index is 0.0512. The number of alkyl halides is 2. The Morgan fingerprint density at radius 2 is 1.72 bits per heavy atom. The van der Waals surface area contributed by atoms with Gasteiger partial charge in [-0.05, 0) is 42.0 Å². The number of aromatic carboxylic acids is 1. The van der Waals surface area contributed by atoms with Crippen LogP contribution in [0.5, 0.6) is 11.5 Å². The highest BCUT2D eigenvalue weighted by Crippen LogP contribution is 2.30. The van der Waals surface area contributed by atoms with Crippen LogP contribution >= 0.6 is 0 Å². The number of hydrogen-bond donors (Lipinski definition) is 2. The summed E-state index contributed by atoms with van der Waals surface area (Å²) in [6.07, 6.45) is 0.219. The zero-order valence-corrected chi connectivity index (χ0v) is 17.6. The van der Waals surface area contributed by atoms with Crippen molar-refractivity contribution in [3.8, 4) is 11.5 Å². The van der Waals surface area contributed by atoms with Gasteiger partial charge in [-0.2, -0.15) is 8.78 Å². The predicted octanol–water partition coefficient (Wildman–Crippen LogP) is 4.39. The highest BCUT2D eigenvalue weighted by Gasteiger charge is 2.22. The fraction of sp³-hybridized carbons (Fsp3) is 0.136. The van der Waals surface area contributed by atoms with E-state index in [1.807, 2.05) is 6.07 Å². The van der Waals surface area contributed by atoms with Gasteiger partial charge >= 0.3 is 12.6 Å². The maximum atomic E-state index is 13.0. The number of methoxy groups -OCH3 is 1. The molecule has 0 heterocycles. The third-order valence-electron chi connectivity index (χ3n) is 4.47. The molecule has 0 spiro atoms. The smallest absolute Gasteiger partial charge is 0.387 e. The van der Waals surface area contributed by atoms with Crippen molar-refractivity contribution in [1.29, 1.82) is 0 Å². The molecule has 2 N–H and O–H groups in total. The molecule has 32 heavy (non-hydrogen) atoms. The van der Waals surface area contributed by atoms with Gasteiger partial charge < -0.3 is 14.6 Å². The Balaban J connectivity index is 1.98. The minimum Gasteiger partial charge on any atom is -0.495 e. The second kappa shape index (κ2) is 9.65. The third-order valence-corrected chi connectivity index (χ3v) is 5.87. The van der Waals surface area contributed by atoms with Crippen LogP contribution in [0.3, 0.4) is 0 Å². The zero-order chi connectivity index (χ0) is 23.3. The van der Waals surface area contributed by atoms with Crippen molar-refractivity contribution in [3.63, 3.8) is 0 Å². The summed E-state index contributed by atoms with van der Waals surface area (Å²) in [6.45, 7) is -3.05. The standard InChI is InChI=1S/C22H19F2NO6S/c1-30-19-9-7-15(21(26)27)13-20(19)32(28,29)25-17-8-10-18(31-22(23)24)16(12-17)11-14-5-3-2-4-6-14/h2-10,12-13,22,25H,11H2,1H3,(H,26,27). The van der Waals surface area contributed by atoms with E-state index >= 15 is 0 Å². The van der Waals surface area contributed by atoms with Crippen molar-refractivity contribution in [3.05, 3.63) is 83.4 Å². The number of nitrogens with one attached hydrogen (secondary N) is 1. The Morgan fingerprint density at radius 3 is 2.34 bits per heavy atom. The SMILES string of the molecule is COc1ccc(C(=O)O)cc1S(=O)(=O)Nc1ccc(OC(F)F)c(Cc2ccccc2)c1. The molecule has 0 unspecified atom stereocenters. The van der Waals surface area contributed by atoms with Gasteiger partial charge in [0.05, 0.1) is 12.7 Å². The van der Waals surface area contributed by atoms with Crippen molar-refractivity contribution in [2.75, 3.05) is 11.8 Å². The van der Waals surface area contributed by atoms with E-state index in [2.05, 4.69) is 9.46 Å². The molecule has 0 atom stereocenters. The molecule has 0 aromatic heterocycles. The van der Waals surface area contributed by atoms with Crippen LogP contribution in [0.2, 0.25) is 0 Å². The zero-order valence-electron chi connectivity index (χ0n) is 16.8. The van der Waals surface area contributed by atoms with E-state index in [1.165, 1.54) is 37.4 Å². The summed E-state index contributed by atoms with van der Waals surface area (Å²) in [4.78, 5) is 10.9. The molecule has 10 heteroatoms. The Bertz CT molecular complexity index is 1220. The van der Waals surface area contributed by atoms with Crippen molar-refractivity contribution in [2.45, 2.75) is 17.9 Å². The number of benzene rings is 3. The molecule has 0 saturated carbocycles. The molecule has 0 saturated heterocycles. The highest BCUT2D eigenvalue weighted by atomic mass is 32.2. The number of carboxylic acids is 1. The van der Waals surface area contributed by atoms with Crippen LogP contribution in [-0.4, -0.2) is 33.2 Å². The summed E-state index contributed by atoms with van der Waals surface area (Å²) in [5, 5.41) is 9.18. The van der Waals surface area contributed by atoms with E-state index in [1.54, 1.807) is 24.3 Å². The fourth-order valence-corrected chi connectivity index (χ4v) is 4.28. The van der Waals surface area contributed by atoms with Crippen LogP contribution in [0.1, 0.15) is 21.5 Å². The van der Waals surface area contributed by atoms with Crippen molar-refractivity contribution in [2.24, 2.45) is 0 Å². The lowest BCUT2D eigenvalue weighted by Crippen LogP contribution is -2.15. The van der Waals surface area contributed by atoms with Crippen LogP contribution in [0.25, 0.3) is 0 Å². The minimum atomic E-state index is -4.26. The Morgan fingerprint density at radius 1 is 1.03 bits per heavy atom. The molecule has 3 rings (SSSR count). The maximum absolute atomic E-state index is 13.0. The molecule has 7 nitrogen and oxygen atoms in total. The second-order valence-electron chi connectivity index (χ2n) is 6.64. The molecule has 0 fully saturated rings. The van der Waals surface area contributed by atoms with E-state index in [9.17, 15) is 27.1 Å². The van der Waals surface area contributed by atoms with E-state index in [0.29, 0.717) is 5.56 Å². The van der Waals surface area contributed by atoms with Gasteiger partial charge in [-0.3, -0.25) is 4.72 Å². The van der Waals surface area contributed by atoms with Crippen LogP contribution in [0.15, 0.2) is 71.6 Å². The fourth-order valence-electron chi connectivity index (χ4n) is 3.04. The number of sulfonamides is 1. The molecule has 0 aliphatic heterocycles. The molecule has 3 aromatic rings. The average Bonchev–Trinajstić information content (AvgIpc) is 2.75. The van der Waals surface area contributed by atoms with Crippen molar-refractivity contribution < 1.29 is 36.6 Å². The van der Waals surface area contributed by atoms with E-state index in [-0.39, 0.29) is 34.1 Å². The maximum Gasteiger partial charge on any atom is 0.387 e. The van der Waals surface area contributed by atoms with Gasteiger partial charge in [-0.25, -0.2) is 13.2 Å². The lowest BCUT2D eigenvalue weighted by molar-refractivity contribution is -0.0503. The number of rotatable bonds is 9. The molecule has 0 radical (unpaired) electrons. The Hall–Kier alpha value is -3.66. The number of anilines is 1. The van der Waals surface area contributed by atoms with Gasteiger partial charge in [-0.1, -0.05) is 30.3 Å². The Kier molecular flexibility index (Phi) is 6.94. The van der Waals surface area contributed by atoms with E-state index in [4.69, 9.17) is 4.74 Å². The number of halogens is 2. The van der Waals surface area contributed by atoms with Crippen LogP contribution < -0.4 is 14.2 Å². The summed E-state index contributed by atoms with van der Waals surface area (Å²) in [6, 6.07) is 16.3. The molecule has 168 valence electrons. The summed E-state index contributed by atoms with van der Waals surface area (Å²) >= 11 is 0. The monoisotopic (exact) mass is 463 g/mol. The number of carbonyl (C=O) groups is 1. The summed E-state index contributed by atoms with van der Waals surface area (Å²) < 4.78 is 63.5. The lowest BCUT2D eigenvalue weighted by atomic mass is 10.0. The van der Waals surface area contributed by atoms with Crippen molar-refractivity contribution >= 4 is 21.7 Å². The first-order chi connectivity index (χ1) is 15.2. The first-order valence-corrected chi connectivity index (χ1v) is 10.7. The van der Waals surface area contributed by atoms with Gasteiger partial charge in [0.1, 0.15) is 16.4 Å². The quantitative estimate of drug-likeness (QED) is 0.488. The molecule has 0 aliphatic rings. The van der Waals surface area contributed by atoms with Crippen LogP contribution in [-0.2, 0) is 16.4 Å². The molecule has 0 aliphatic carbocycles. The molecular weight excluding hydrogens is 444 g/mol. The topological polar surface area (TPSA) is 102 Å². The van der Waals surface area contributed by atoms with Gasteiger partial charge in [0.25, 0.3) is 10.0 Å². The number of carboxylic acid groups (broad SMARTS) is 1. The Labute approximate surface area is 183 Å². The van der Waals surface area contributed by atoms with Gasteiger partial charge in [-0.15, -0.1) is 0 Å². The van der Waals surface area contributed by atoms with Gasteiger partial charge in [0, 0.05) is 17.7 Å². The van der Waals surface area contributed by atoms with Gasteiger partial charge in [0.2, 0.25) is 0 Å². The largest absolute Gasteiger partial charge is 0.495 e. The summed E-state index contributed by atoms with van der Waals surface area (Å²) in [5.41, 5.74) is 0.988. The predicted molar refractivity (Wildman–Crippen MR) is 113 cm³/mol. The first kappa shape index (κ1) is 23.0. The molecule has 3 aromatic carbocycles. The third kappa shape index (κ3) is 5.52. The van der Waals surface area contributed by atoms with Crippen LogP contribution in [0.4, 0.5) is 14.5 Å². The van der Waals surface area contributed by atoms with Crippen LogP contribution in [0, 0.1) is 0 Å². The average molecular weight is 463 g/mol. The highest BCUT2D eigenvalue weighted by molar-refractivity contribution is 7.92. The van der Waals surface area contributed by atoms with E-state index in [0.717, 1.165) is 11.6 Å². The number of hydrogen-bond acceptors (Lipinski definition) is 5. The van der Waals surface area contributed by atoms with Crippen molar-refractivity contribution in [1.82, 2.24) is 0 Å². The molecule has 0 amide bonds. The number of ether oxygens (including phenoxy) is 2. The van der Waals surface area contributed by atoms with Gasteiger partial charge in [0.15, 0.2) is 0 Å². The second-order valence-corrected chi connectivity index (χ2v) is 8.29. The lowest BCUT2D eigenvalue weighted by Gasteiger charge is -2.15. The first-order valence-electron chi connectivity index (χ1n) is 9.25. The summed E-state index contributed by atoms with van der Waals surface area (Å²) in [5.74, 6) is -1.44. The van der Waals surface area contributed by atoms with E-state index < -0.39 is 22.6 Å². The molecular formula is C22H19F2NO6S. The normalized spacial score (nSPS) is 11.2. The summed E-state index contributed by atoms with van der Waals surface area (Å²) in [7, 11) is -3.01. The molecule has 0 bridgehead atoms.